The molecule has 13 heavy (non-hydrogen) atoms. The third-order valence-electron chi connectivity index (χ3n) is 2.65. The highest BCUT2D eigenvalue weighted by Crippen LogP contribution is 2.16. The van der Waals surface area contributed by atoms with Crippen molar-refractivity contribution in [3.63, 3.8) is 0 Å². The lowest BCUT2D eigenvalue weighted by Crippen LogP contribution is -2.23. The Labute approximate surface area is 91.4 Å². The predicted octanol–water partition coefficient (Wildman–Crippen LogP) is 3.71. The molecule has 2 unspecified atom stereocenters. The van der Waals surface area contributed by atoms with Gasteiger partial charge in [-0.2, -0.15) is 0 Å². The first kappa shape index (κ1) is 13.4. The second-order valence-corrected chi connectivity index (χ2v) is 5.09. The van der Waals surface area contributed by atoms with Gasteiger partial charge >= 0.3 is 0 Å². The molecule has 0 aliphatic heterocycles. The molecule has 0 heterocycles. The Morgan fingerprint density at radius 1 is 1.00 bits per heavy atom. The number of rotatable bonds is 6. The molecule has 0 aromatic carbocycles. The molecule has 0 aliphatic carbocycles. The first-order chi connectivity index (χ1) is 5.99. The van der Waals surface area contributed by atoms with Gasteiger partial charge in [0.1, 0.15) is 0 Å². The van der Waals surface area contributed by atoms with E-state index in [1.54, 1.807) is 0 Å². The average molecular weight is 251 g/mol. The second-order valence-electron chi connectivity index (χ2n) is 4.44. The fourth-order valence-electron chi connectivity index (χ4n) is 0.883. The normalized spacial score (nSPS) is 16.6. The molecule has 0 spiro atoms. The topological polar surface area (TPSA) is 9.23 Å². The molecule has 0 aromatic heterocycles. The van der Waals surface area contributed by atoms with Gasteiger partial charge in [-0.1, -0.05) is 43.6 Å². The van der Waals surface area contributed by atoms with E-state index in [2.05, 4.69) is 50.5 Å². The fraction of sp³-hybridized carbons (Fsp3) is 1.00. The van der Waals surface area contributed by atoms with E-state index in [0.717, 1.165) is 11.9 Å². The van der Waals surface area contributed by atoms with Gasteiger partial charge in [-0.25, -0.2) is 0 Å². The van der Waals surface area contributed by atoms with Crippen molar-refractivity contribution in [2.24, 2.45) is 17.8 Å². The minimum Gasteiger partial charge on any atom is -0.378 e. The van der Waals surface area contributed by atoms with Crippen molar-refractivity contribution in [2.75, 3.05) is 11.9 Å². The van der Waals surface area contributed by atoms with Crippen molar-refractivity contribution in [3.05, 3.63) is 0 Å². The van der Waals surface area contributed by atoms with Crippen LogP contribution in [0.5, 0.6) is 0 Å². The number of hydrogen-bond acceptors (Lipinski definition) is 1. The van der Waals surface area contributed by atoms with Gasteiger partial charge in [0.25, 0.3) is 0 Å². The van der Waals surface area contributed by atoms with Gasteiger partial charge in [-0.3, -0.25) is 0 Å². The maximum absolute atomic E-state index is 5.79. The summed E-state index contributed by atoms with van der Waals surface area (Å²) in [5, 5.41) is 1.04. The Hall–Kier alpha value is 0.440. The minimum absolute atomic E-state index is 0.375. The molecule has 0 saturated heterocycles. The Bertz CT molecular complexity index is 123. The van der Waals surface area contributed by atoms with Crippen LogP contribution in [0.25, 0.3) is 0 Å². The third kappa shape index (κ3) is 5.69. The SMILES string of the molecule is CC(C)C(CBr)COC(C)C(C)C. The van der Waals surface area contributed by atoms with Crippen LogP contribution in [0.4, 0.5) is 0 Å². The van der Waals surface area contributed by atoms with E-state index in [0.29, 0.717) is 23.9 Å². The summed E-state index contributed by atoms with van der Waals surface area (Å²) in [6.07, 6.45) is 0.375. The highest BCUT2D eigenvalue weighted by atomic mass is 79.9. The van der Waals surface area contributed by atoms with E-state index in [9.17, 15) is 0 Å². The lowest BCUT2D eigenvalue weighted by molar-refractivity contribution is 0.00992. The number of halogens is 1. The summed E-state index contributed by atoms with van der Waals surface area (Å²) < 4.78 is 5.79. The van der Waals surface area contributed by atoms with E-state index in [1.165, 1.54) is 0 Å². The van der Waals surface area contributed by atoms with Crippen molar-refractivity contribution in [3.8, 4) is 0 Å². The van der Waals surface area contributed by atoms with Crippen molar-refractivity contribution in [1.82, 2.24) is 0 Å². The van der Waals surface area contributed by atoms with Crippen molar-refractivity contribution in [1.29, 1.82) is 0 Å². The Balaban J connectivity index is 3.72. The lowest BCUT2D eigenvalue weighted by atomic mass is 9.99. The largest absolute Gasteiger partial charge is 0.378 e. The molecule has 0 aliphatic rings. The van der Waals surface area contributed by atoms with Crippen LogP contribution in [0.15, 0.2) is 0 Å². The summed E-state index contributed by atoms with van der Waals surface area (Å²) in [4.78, 5) is 0. The van der Waals surface area contributed by atoms with Crippen LogP contribution in [0.3, 0.4) is 0 Å². The van der Waals surface area contributed by atoms with E-state index >= 15 is 0 Å². The van der Waals surface area contributed by atoms with Crippen LogP contribution in [0, 0.1) is 17.8 Å². The molecule has 0 saturated carbocycles. The van der Waals surface area contributed by atoms with Gasteiger partial charge in [-0.15, -0.1) is 0 Å². The van der Waals surface area contributed by atoms with Gasteiger partial charge in [0.05, 0.1) is 12.7 Å². The summed E-state index contributed by atoms with van der Waals surface area (Å²) in [5.41, 5.74) is 0. The van der Waals surface area contributed by atoms with E-state index in [-0.39, 0.29) is 0 Å². The second kappa shape index (κ2) is 6.83. The molecular weight excluding hydrogens is 228 g/mol. The van der Waals surface area contributed by atoms with E-state index in [1.807, 2.05) is 0 Å². The van der Waals surface area contributed by atoms with Gasteiger partial charge in [0.15, 0.2) is 0 Å². The van der Waals surface area contributed by atoms with E-state index in [4.69, 9.17) is 4.74 Å². The molecular formula is C11H23BrO. The van der Waals surface area contributed by atoms with Crippen LogP contribution < -0.4 is 0 Å². The molecule has 0 N–H and O–H groups in total. The zero-order valence-corrected chi connectivity index (χ0v) is 11.1. The standard InChI is InChI=1S/C11H23BrO/c1-8(2)10(5)13-7-11(6-12)9(3)4/h8-11H,6-7H2,1-5H3. The van der Waals surface area contributed by atoms with Gasteiger partial charge in [0, 0.05) is 5.33 Å². The van der Waals surface area contributed by atoms with Crippen LogP contribution in [0.2, 0.25) is 0 Å². The highest BCUT2D eigenvalue weighted by Gasteiger charge is 2.15. The van der Waals surface area contributed by atoms with E-state index < -0.39 is 0 Å². The summed E-state index contributed by atoms with van der Waals surface area (Å²) in [6, 6.07) is 0. The molecule has 0 aromatic rings. The molecule has 0 bridgehead atoms. The quantitative estimate of drug-likeness (QED) is 0.654. The summed E-state index contributed by atoms with van der Waals surface area (Å²) in [5.74, 6) is 1.95. The first-order valence-corrected chi connectivity index (χ1v) is 6.28. The predicted molar refractivity (Wildman–Crippen MR) is 62.4 cm³/mol. The highest BCUT2D eigenvalue weighted by molar-refractivity contribution is 9.09. The zero-order valence-electron chi connectivity index (χ0n) is 9.51. The first-order valence-electron chi connectivity index (χ1n) is 5.16. The summed E-state index contributed by atoms with van der Waals surface area (Å²) in [6.45, 7) is 11.9. The van der Waals surface area contributed by atoms with Gasteiger partial charge < -0.3 is 4.74 Å². The Morgan fingerprint density at radius 2 is 1.54 bits per heavy atom. The van der Waals surface area contributed by atoms with Gasteiger partial charge in [-0.05, 0) is 24.7 Å². The molecule has 0 radical (unpaired) electrons. The smallest absolute Gasteiger partial charge is 0.0570 e. The minimum atomic E-state index is 0.375. The molecule has 0 amide bonds. The molecule has 1 nitrogen and oxygen atoms in total. The van der Waals surface area contributed by atoms with Crippen molar-refractivity contribution < 1.29 is 4.74 Å². The Kier molecular flexibility index (Phi) is 7.06. The van der Waals surface area contributed by atoms with Crippen molar-refractivity contribution in [2.45, 2.75) is 40.7 Å². The monoisotopic (exact) mass is 250 g/mol. The van der Waals surface area contributed by atoms with Crippen LogP contribution in [0.1, 0.15) is 34.6 Å². The maximum atomic E-state index is 5.79. The lowest BCUT2D eigenvalue weighted by Gasteiger charge is -2.23. The van der Waals surface area contributed by atoms with Crippen LogP contribution >= 0.6 is 15.9 Å². The number of hydrogen-bond donors (Lipinski definition) is 0. The molecule has 0 rings (SSSR count). The Morgan fingerprint density at radius 3 is 1.85 bits per heavy atom. The fourth-order valence-corrected chi connectivity index (χ4v) is 1.82. The third-order valence-corrected chi connectivity index (χ3v) is 3.48. The zero-order chi connectivity index (χ0) is 10.4. The molecule has 2 heteroatoms. The molecule has 80 valence electrons. The van der Waals surface area contributed by atoms with Crippen LogP contribution in [-0.4, -0.2) is 18.0 Å². The molecule has 0 fully saturated rings. The number of alkyl halides is 1. The molecule has 2 atom stereocenters. The van der Waals surface area contributed by atoms with Gasteiger partial charge in [0.2, 0.25) is 0 Å². The maximum Gasteiger partial charge on any atom is 0.0570 e. The van der Waals surface area contributed by atoms with Crippen molar-refractivity contribution >= 4 is 15.9 Å². The summed E-state index contributed by atoms with van der Waals surface area (Å²) >= 11 is 3.52. The average Bonchev–Trinajstić information content (AvgIpc) is 2.04. The number of ether oxygens (including phenoxy) is 1. The van der Waals surface area contributed by atoms with Crippen LogP contribution in [-0.2, 0) is 4.74 Å². The summed E-state index contributed by atoms with van der Waals surface area (Å²) in [7, 11) is 0.